The second kappa shape index (κ2) is 9.89. The summed E-state index contributed by atoms with van der Waals surface area (Å²) in [5, 5.41) is 2.96. The number of nitrogens with one attached hydrogen (secondary N) is 1. The number of hydrogen-bond acceptors (Lipinski definition) is 4. The fourth-order valence-corrected chi connectivity index (χ4v) is 3.89. The van der Waals surface area contributed by atoms with Gasteiger partial charge in [0, 0.05) is 12.1 Å². The van der Waals surface area contributed by atoms with Gasteiger partial charge >= 0.3 is 0 Å². The van der Waals surface area contributed by atoms with Crippen LogP contribution in [-0.2, 0) is 4.79 Å². The van der Waals surface area contributed by atoms with Gasteiger partial charge < -0.3 is 14.8 Å². The summed E-state index contributed by atoms with van der Waals surface area (Å²) in [4.78, 5) is 14.7. The molecule has 7 heteroatoms. The molecule has 1 fully saturated rings. The molecule has 0 unspecified atom stereocenters. The molecule has 0 aliphatic carbocycles. The summed E-state index contributed by atoms with van der Waals surface area (Å²) in [5.74, 6) is 0.654. The third kappa shape index (κ3) is 5.23. The van der Waals surface area contributed by atoms with E-state index in [0.29, 0.717) is 16.8 Å². The topological polar surface area (TPSA) is 50.8 Å². The van der Waals surface area contributed by atoms with Gasteiger partial charge in [-0.2, -0.15) is 0 Å². The zero-order valence-corrected chi connectivity index (χ0v) is 17.4. The molecule has 0 spiro atoms. The Kier molecular flexibility index (Phi) is 7.28. The molecule has 28 heavy (non-hydrogen) atoms. The van der Waals surface area contributed by atoms with E-state index < -0.39 is 0 Å². The zero-order chi connectivity index (χ0) is 19.9. The number of ether oxygens (including phenoxy) is 2. The summed E-state index contributed by atoms with van der Waals surface area (Å²) >= 11 is 3.23. The number of halogens is 2. The molecule has 5 nitrogen and oxygen atoms in total. The maximum Gasteiger partial charge on any atom is 0.258 e. The SMILES string of the molecule is COc1ccccc1[C@H](CNC(=O)COc1ccc(F)cc1Br)N1CCCC1. The van der Waals surface area contributed by atoms with Crippen molar-refractivity contribution in [3.63, 3.8) is 0 Å². The average molecular weight is 451 g/mol. The van der Waals surface area contributed by atoms with Crippen molar-refractivity contribution in [2.45, 2.75) is 18.9 Å². The van der Waals surface area contributed by atoms with Crippen LogP contribution in [0.5, 0.6) is 11.5 Å². The van der Waals surface area contributed by atoms with Crippen LogP contribution < -0.4 is 14.8 Å². The molecule has 1 N–H and O–H groups in total. The van der Waals surface area contributed by atoms with Gasteiger partial charge in [0.2, 0.25) is 0 Å². The zero-order valence-electron chi connectivity index (χ0n) is 15.8. The summed E-state index contributed by atoms with van der Waals surface area (Å²) in [6.45, 7) is 2.32. The highest BCUT2D eigenvalue weighted by Crippen LogP contribution is 2.31. The standard InChI is InChI=1S/C21H24BrFN2O3/c1-27-19-7-3-2-6-16(19)18(25-10-4-5-11-25)13-24-21(26)14-28-20-9-8-15(23)12-17(20)22/h2-3,6-9,12,18H,4-5,10-11,13-14H2,1H3,(H,24,26)/t18-/m0/s1. The molecular weight excluding hydrogens is 427 g/mol. The van der Waals surface area contributed by atoms with Gasteiger partial charge in [0.05, 0.1) is 17.6 Å². The molecular formula is C21H24BrFN2O3. The predicted molar refractivity (Wildman–Crippen MR) is 109 cm³/mol. The molecule has 1 aliphatic rings. The molecule has 0 radical (unpaired) electrons. The lowest BCUT2D eigenvalue weighted by molar-refractivity contribution is -0.123. The second-order valence-corrected chi connectivity index (χ2v) is 7.52. The van der Waals surface area contributed by atoms with E-state index in [0.717, 1.165) is 37.2 Å². The summed E-state index contributed by atoms with van der Waals surface area (Å²) < 4.78 is 24.6. The highest BCUT2D eigenvalue weighted by Gasteiger charge is 2.26. The van der Waals surface area contributed by atoms with Crippen LogP contribution in [0.15, 0.2) is 46.9 Å². The Morgan fingerprint density at radius 2 is 1.96 bits per heavy atom. The molecule has 1 saturated heterocycles. The van der Waals surface area contributed by atoms with Gasteiger partial charge in [0.25, 0.3) is 5.91 Å². The molecule has 1 atom stereocenters. The second-order valence-electron chi connectivity index (χ2n) is 6.67. The molecule has 3 rings (SSSR count). The number of carbonyl (C=O) groups excluding carboxylic acids is 1. The van der Waals surface area contributed by atoms with Crippen LogP contribution in [0, 0.1) is 5.82 Å². The third-order valence-corrected chi connectivity index (χ3v) is 5.44. The van der Waals surface area contributed by atoms with Gasteiger partial charge in [0.15, 0.2) is 6.61 Å². The van der Waals surface area contributed by atoms with Crippen molar-refractivity contribution >= 4 is 21.8 Å². The van der Waals surface area contributed by atoms with Gasteiger partial charge in [-0.15, -0.1) is 0 Å². The maximum absolute atomic E-state index is 13.1. The van der Waals surface area contributed by atoms with Crippen LogP contribution in [0.1, 0.15) is 24.4 Å². The van der Waals surface area contributed by atoms with Crippen molar-refractivity contribution in [2.75, 3.05) is 33.4 Å². The summed E-state index contributed by atoms with van der Waals surface area (Å²) in [5.41, 5.74) is 1.06. The van der Waals surface area contributed by atoms with Gasteiger partial charge in [-0.25, -0.2) is 4.39 Å². The first-order chi connectivity index (χ1) is 13.6. The minimum atomic E-state index is -0.367. The van der Waals surface area contributed by atoms with Crippen LogP contribution in [0.4, 0.5) is 4.39 Å². The molecule has 2 aromatic rings. The monoisotopic (exact) mass is 450 g/mol. The summed E-state index contributed by atoms with van der Waals surface area (Å²) in [6, 6.07) is 12.0. The quantitative estimate of drug-likeness (QED) is 0.661. The van der Waals surface area contributed by atoms with Crippen LogP contribution in [0.2, 0.25) is 0 Å². The Balaban J connectivity index is 1.62. The van der Waals surface area contributed by atoms with Crippen molar-refractivity contribution in [3.8, 4) is 11.5 Å². The van der Waals surface area contributed by atoms with E-state index in [1.165, 1.54) is 18.2 Å². The van der Waals surface area contributed by atoms with E-state index in [2.05, 4.69) is 26.1 Å². The lowest BCUT2D eigenvalue weighted by Gasteiger charge is -2.29. The molecule has 0 bridgehead atoms. The predicted octanol–water partition coefficient (Wildman–Crippen LogP) is 3.93. The lowest BCUT2D eigenvalue weighted by Crippen LogP contribution is -2.38. The third-order valence-electron chi connectivity index (χ3n) is 4.82. The van der Waals surface area contributed by atoms with Crippen molar-refractivity contribution in [1.82, 2.24) is 10.2 Å². The molecule has 0 saturated carbocycles. The van der Waals surface area contributed by atoms with Crippen LogP contribution >= 0.6 is 15.9 Å². The van der Waals surface area contributed by atoms with E-state index in [4.69, 9.17) is 9.47 Å². The molecule has 0 aromatic heterocycles. The number of likely N-dealkylation sites (tertiary alicyclic amines) is 1. The number of methoxy groups -OCH3 is 1. The van der Waals surface area contributed by atoms with E-state index in [9.17, 15) is 9.18 Å². The number of nitrogens with zero attached hydrogens (tertiary/aromatic N) is 1. The fourth-order valence-electron chi connectivity index (χ4n) is 3.43. The minimum Gasteiger partial charge on any atom is -0.496 e. The Bertz CT molecular complexity index is 812. The van der Waals surface area contributed by atoms with E-state index in [1.807, 2.05) is 24.3 Å². The van der Waals surface area contributed by atoms with Crippen molar-refractivity contribution in [2.24, 2.45) is 0 Å². The first-order valence-corrected chi connectivity index (χ1v) is 10.1. The van der Waals surface area contributed by atoms with Crippen molar-refractivity contribution in [1.29, 1.82) is 0 Å². The van der Waals surface area contributed by atoms with Crippen molar-refractivity contribution < 1.29 is 18.7 Å². The number of amides is 1. The minimum absolute atomic E-state index is 0.0418. The first kappa shape index (κ1) is 20.6. The largest absolute Gasteiger partial charge is 0.496 e. The summed E-state index contributed by atoms with van der Waals surface area (Å²) in [6.07, 6.45) is 2.31. The Labute approximate surface area is 172 Å². The average Bonchev–Trinajstić information content (AvgIpc) is 3.22. The van der Waals surface area contributed by atoms with E-state index >= 15 is 0 Å². The number of rotatable bonds is 8. The highest BCUT2D eigenvalue weighted by atomic mass is 79.9. The number of para-hydroxylation sites is 1. The first-order valence-electron chi connectivity index (χ1n) is 9.30. The van der Waals surface area contributed by atoms with Crippen molar-refractivity contribution in [3.05, 3.63) is 58.3 Å². The van der Waals surface area contributed by atoms with Crippen LogP contribution in [-0.4, -0.2) is 44.2 Å². The lowest BCUT2D eigenvalue weighted by atomic mass is 10.0. The van der Waals surface area contributed by atoms with E-state index in [-0.39, 0.29) is 24.4 Å². The highest BCUT2D eigenvalue weighted by molar-refractivity contribution is 9.10. The van der Waals surface area contributed by atoms with Crippen LogP contribution in [0.25, 0.3) is 0 Å². The molecule has 1 aliphatic heterocycles. The van der Waals surface area contributed by atoms with Gasteiger partial charge in [0.1, 0.15) is 17.3 Å². The fraction of sp³-hybridized carbons (Fsp3) is 0.381. The Hall–Kier alpha value is -2.12. The normalized spacial score (nSPS) is 15.2. The maximum atomic E-state index is 13.1. The Morgan fingerprint density at radius 1 is 1.21 bits per heavy atom. The molecule has 150 valence electrons. The van der Waals surface area contributed by atoms with Gasteiger partial charge in [-0.05, 0) is 66.1 Å². The number of hydrogen-bond donors (Lipinski definition) is 1. The van der Waals surface area contributed by atoms with E-state index in [1.54, 1.807) is 7.11 Å². The number of benzene rings is 2. The Morgan fingerprint density at radius 3 is 2.68 bits per heavy atom. The summed E-state index contributed by atoms with van der Waals surface area (Å²) in [7, 11) is 1.66. The molecule has 2 aromatic carbocycles. The number of carbonyl (C=O) groups is 1. The molecule has 1 amide bonds. The smallest absolute Gasteiger partial charge is 0.258 e. The van der Waals surface area contributed by atoms with Gasteiger partial charge in [-0.3, -0.25) is 9.69 Å². The molecule has 1 heterocycles. The van der Waals surface area contributed by atoms with Crippen LogP contribution in [0.3, 0.4) is 0 Å². The van der Waals surface area contributed by atoms with Gasteiger partial charge in [-0.1, -0.05) is 18.2 Å².